The van der Waals surface area contributed by atoms with E-state index in [1.165, 1.54) is 19.4 Å². The first-order valence-corrected chi connectivity index (χ1v) is 8.74. The Bertz CT molecular complexity index is 555. The number of unbranched alkanes of at least 4 members (excludes halogenated alkanes) is 1. The maximum atomic E-state index is 12.3. The van der Waals surface area contributed by atoms with Gasteiger partial charge in [-0.1, -0.05) is 13.3 Å². The fourth-order valence-electron chi connectivity index (χ4n) is 2.93. The Morgan fingerprint density at radius 1 is 1.43 bits per heavy atom. The molecule has 1 saturated carbocycles. The number of aromatic nitrogens is 2. The zero-order valence-electron chi connectivity index (χ0n) is 12.5. The summed E-state index contributed by atoms with van der Waals surface area (Å²) in [5.41, 5.74) is 0.792. The van der Waals surface area contributed by atoms with Crippen LogP contribution < -0.4 is 10.9 Å². The lowest BCUT2D eigenvalue weighted by Crippen LogP contribution is -2.30. The number of aryl methyl sites for hydroxylation is 1. The molecule has 2 aliphatic rings. The van der Waals surface area contributed by atoms with Crippen LogP contribution in [0.5, 0.6) is 0 Å². The minimum absolute atomic E-state index is 0.0366. The molecule has 21 heavy (non-hydrogen) atoms. The first kappa shape index (κ1) is 15.0. The summed E-state index contributed by atoms with van der Waals surface area (Å²) in [6.45, 7) is 5.05. The molecule has 1 aliphatic carbocycles. The molecule has 5 nitrogen and oxygen atoms in total. The topological polar surface area (TPSA) is 50.2 Å². The standard InChI is InChI=1S/C15H23BrN4O/c1-2-3-7-20-15(21)14(16)13(9-17-20)18-11-6-8-19(10-11)12-4-5-12/h9,11-12,18H,2-8,10H2,1H3. The van der Waals surface area contributed by atoms with Crippen molar-refractivity contribution in [2.75, 3.05) is 18.4 Å². The minimum atomic E-state index is -0.0366. The molecule has 0 radical (unpaired) electrons. The normalized spacial score (nSPS) is 22.7. The maximum Gasteiger partial charge on any atom is 0.283 e. The molecular weight excluding hydrogens is 332 g/mol. The highest BCUT2D eigenvalue weighted by Gasteiger charge is 2.34. The van der Waals surface area contributed by atoms with E-state index in [1.807, 2.05) is 0 Å². The second kappa shape index (κ2) is 6.48. The third-order valence-corrected chi connectivity index (χ3v) is 5.12. The van der Waals surface area contributed by atoms with Crippen LogP contribution in [0.2, 0.25) is 0 Å². The van der Waals surface area contributed by atoms with Gasteiger partial charge in [-0.3, -0.25) is 9.69 Å². The van der Waals surface area contributed by atoms with Crippen molar-refractivity contribution < 1.29 is 0 Å². The lowest BCUT2D eigenvalue weighted by Gasteiger charge is -2.17. The molecule has 1 aliphatic heterocycles. The van der Waals surface area contributed by atoms with Crippen LogP contribution in [-0.4, -0.2) is 39.9 Å². The average Bonchev–Trinajstić information content (AvgIpc) is 3.23. The molecule has 1 N–H and O–H groups in total. The Kier molecular flexibility index (Phi) is 4.64. The number of hydrogen-bond donors (Lipinski definition) is 1. The summed E-state index contributed by atoms with van der Waals surface area (Å²) in [6, 6.07) is 1.25. The lowest BCUT2D eigenvalue weighted by molar-refractivity contribution is 0.326. The van der Waals surface area contributed by atoms with Gasteiger partial charge >= 0.3 is 0 Å². The van der Waals surface area contributed by atoms with E-state index >= 15 is 0 Å². The van der Waals surface area contributed by atoms with Crippen molar-refractivity contribution >= 4 is 21.6 Å². The van der Waals surface area contributed by atoms with Gasteiger partial charge in [-0.15, -0.1) is 0 Å². The van der Waals surface area contributed by atoms with Gasteiger partial charge in [0.2, 0.25) is 0 Å². The Morgan fingerprint density at radius 2 is 2.24 bits per heavy atom. The maximum absolute atomic E-state index is 12.3. The smallest absolute Gasteiger partial charge is 0.283 e. The summed E-state index contributed by atoms with van der Waals surface area (Å²) < 4.78 is 2.16. The van der Waals surface area contributed by atoms with Crippen LogP contribution in [0.1, 0.15) is 39.0 Å². The molecule has 2 fully saturated rings. The summed E-state index contributed by atoms with van der Waals surface area (Å²) in [5.74, 6) is 0. The molecule has 0 spiro atoms. The highest BCUT2D eigenvalue weighted by atomic mass is 79.9. The van der Waals surface area contributed by atoms with Crippen molar-refractivity contribution in [3.63, 3.8) is 0 Å². The molecule has 2 heterocycles. The monoisotopic (exact) mass is 354 g/mol. The molecule has 1 saturated heterocycles. The van der Waals surface area contributed by atoms with Crippen LogP contribution in [0.25, 0.3) is 0 Å². The molecule has 0 bridgehead atoms. The van der Waals surface area contributed by atoms with Crippen molar-refractivity contribution in [1.29, 1.82) is 0 Å². The van der Waals surface area contributed by atoms with Gasteiger partial charge in [-0.25, -0.2) is 4.68 Å². The molecule has 6 heteroatoms. The molecule has 1 aromatic rings. The first-order valence-electron chi connectivity index (χ1n) is 7.95. The van der Waals surface area contributed by atoms with Crippen LogP contribution in [0.3, 0.4) is 0 Å². The van der Waals surface area contributed by atoms with Crippen LogP contribution in [0, 0.1) is 0 Å². The van der Waals surface area contributed by atoms with Crippen molar-refractivity contribution in [1.82, 2.24) is 14.7 Å². The second-order valence-corrected chi connectivity index (χ2v) is 6.90. The lowest BCUT2D eigenvalue weighted by atomic mass is 10.2. The predicted molar refractivity (Wildman–Crippen MR) is 87.7 cm³/mol. The van der Waals surface area contributed by atoms with Crippen molar-refractivity contribution in [2.24, 2.45) is 0 Å². The minimum Gasteiger partial charge on any atom is -0.379 e. The van der Waals surface area contributed by atoms with Crippen molar-refractivity contribution in [2.45, 2.75) is 57.7 Å². The third kappa shape index (κ3) is 3.48. The van der Waals surface area contributed by atoms with Gasteiger partial charge in [0.05, 0.1) is 11.9 Å². The SMILES string of the molecule is CCCCn1ncc(NC2CCN(C3CC3)C2)c(Br)c1=O. The molecule has 1 atom stereocenters. The number of hydrogen-bond acceptors (Lipinski definition) is 4. The molecular formula is C15H23BrN4O. The van der Waals surface area contributed by atoms with E-state index in [1.54, 1.807) is 10.9 Å². The molecule has 1 aromatic heterocycles. The van der Waals surface area contributed by atoms with Gasteiger partial charge in [0, 0.05) is 31.7 Å². The number of rotatable bonds is 6. The average molecular weight is 355 g/mol. The van der Waals surface area contributed by atoms with E-state index < -0.39 is 0 Å². The van der Waals surface area contributed by atoms with Crippen LogP contribution in [0.15, 0.2) is 15.5 Å². The zero-order valence-corrected chi connectivity index (χ0v) is 14.1. The van der Waals surface area contributed by atoms with Gasteiger partial charge in [-0.05, 0) is 41.6 Å². The number of halogens is 1. The molecule has 0 aromatic carbocycles. The molecule has 116 valence electrons. The summed E-state index contributed by atoms with van der Waals surface area (Å²) in [6.07, 6.45) is 7.66. The van der Waals surface area contributed by atoms with Gasteiger partial charge in [0.1, 0.15) is 4.47 Å². The van der Waals surface area contributed by atoms with Gasteiger partial charge < -0.3 is 5.32 Å². The van der Waals surface area contributed by atoms with Crippen LogP contribution in [0.4, 0.5) is 5.69 Å². The third-order valence-electron chi connectivity index (χ3n) is 4.35. The quantitative estimate of drug-likeness (QED) is 0.852. The van der Waals surface area contributed by atoms with E-state index in [4.69, 9.17) is 0 Å². The van der Waals surface area contributed by atoms with Gasteiger partial charge in [-0.2, -0.15) is 5.10 Å². The highest BCUT2D eigenvalue weighted by Crippen LogP contribution is 2.31. The summed E-state index contributed by atoms with van der Waals surface area (Å²) in [4.78, 5) is 14.8. The molecule has 0 amide bonds. The summed E-state index contributed by atoms with van der Waals surface area (Å²) in [7, 11) is 0. The van der Waals surface area contributed by atoms with Gasteiger partial charge in [0.15, 0.2) is 0 Å². The number of nitrogens with one attached hydrogen (secondary N) is 1. The van der Waals surface area contributed by atoms with E-state index in [-0.39, 0.29) is 5.56 Å². The second-order valence-electron chi connectivity index (χ2n) is 6.11. The zero-order chi connectivity index (χ0) is 14.8. The Hall–Kier alpha value is -0.880. The Balaban J connectivity index is 1.65. The largest absolute Gasteiger partial charge is 0.379 e. The fourth-order valence-corrected chi connectivity index (χ4v) is 3.35. The first-order chi connectivity index (χ1) is 10.2. The highest BCUT2D eigenvalue weighted by molar-refractivity contribution is 9.10. The fraction of sp³-hybridized carbons (Fsp3) is 0.733. The predicted octanol–water partition coefficient (Wildman–Crippen LogP) is 2.45. The van der Waals surface area contributed by atoms with E-state index in [2.05, 4.69) is 38.2 Å². The molecule has 3 rings (SSSR count). The van der Waals surface area contributed by atoms with Crippen LogP contribution in [-0.2, 0) is 6.54 Å². The van der Waals surface area contributed by atoms with Gasteiger partial charge in [0.25, 0.3) is 5.56 Å². The number of nitrogens with zero attached hydrogens (tertiary/aromatic N) is 3. The van der Waals surface area contributed by atoms with Crippen LogP contribution >= 0.6 is 15.9 Å². The van der Waals surface area contributed by atoms with E-state index in [0.717, 1.165) is 37.5 Å². The van der Waals surface area contributed by atoms with E-state index in [9.17, 15) is 4.79 Å². The van der Waals surface area contributed by atoms with Crippen molar-refractivity contribution in [3.05, 3.63) is 21.0 Å². The van der Waals surface area contributed by atoms with Crippen molar-refractivity contribution in [3.8, 4) is 0 Å². The molecule has 1 unspecified atom stereocenters. The Morgan fingerprint density at radius 3 is 2.95 bits per heavy atom. The summed E-state index contributed by atoms with van der Waals surface area (Å²) >= 11 is 3.44. The van der Waals surface area contributed by atoms with E-state index in [0.29, 0.717) is 17.1 Å². The Labute approximate surface area is 133 Å². The summed E-state index contributed by atoms with van der Waals surface area (Å²) in [5, 5.41) is 7.76. The number of anilines is 1. The number of likely N-dealkylation sites (tertiary alicyclic amines) is 1.